The quantitative estimate of drug-likeness (QED) is 0.740. The third-order valence-corrected chi connectivity index (χ3v) is 3.38. The molecule has 0 aliphatic carbocycles. The lowest BCUT2D eigenvalue weighted by Gasteiger charge is -2.20. The number of carboxylic acid groups (broad SMARTS) is 1. The average molecular weight is 370 g/mol. The molecule has 0 spiro atoms. The third-order valence-electron chi connectivity index (χ3n) is 3.38. The molecule has 2 amide bonds. The highest BCUT2D eigenvalue weighted by atomic mass is 16.6. The summed E-state index contributed by atoms with van der Waals surface area (Å²) < 4.78 is 5.22. The first kappa shape index (κ1) is 20.0. The Balaban J connectivity index is 2.09. The zero-order chi connectivity index (χ0) is 20.0. The zero-order valence-corrected chi connectivity index (χ0v) is 15.4. The summed E-state index contributed by atoms with van der Waals surface area (Å²) in [6, 6.07) is 13.0. The number of hydrogen-bond acceptors (Lipinski definition) is 4. The Morgan fingerprint density at radius 2 is 1.48 bits per heavy atom. The van der Waals surface area contributed by atoms with Gasteiger partial charge in [0.25, 0.3) is 5.91 Å². The fourth-order valence-corrected chi connectivity index (χ4v) is 2.26. The molecule has 2 aromatic carbocycles. The molecule has 0 saturated carbocycles. The molecular weight excluding hydrogens is 348 g/mol. The summed E-state index contributed by atoms with van der Waals surface area (Å²) in [5.74, 6) is -1.32. The van der Waals surface area contributed by atoms with E-state index in [1.807, 2.05) is 0 Å². The molecule has 0 radical (unpaired) electrons. The third kappa shape index (κ3) is 6.47. The molecule has 2 aromatic rings. The first-order chi connectivity index (χ1) is 12.6. The van der Waals surface area contributed by atoms with E-state index in [9.17, 15) is 14.4 Å². The Morgan fingerprint density at radius 1 is 0.926 bits per heavy atom. The second kappa shape index (κ2) is 8.35. The Labute approximate surface area is 157 Å². The number of hydrogen-bond donors (Lipinski definition) is 3. The molecule has 0 aliphatic rings. The van der Waals surface area contributed by atoms with E-state index in [0.29, 0.717) is 22.5 Å². The van der Waals surface area contributed by atoms with Crippen LogP contribution in [-0.2, 0) is 16.0 Å². The molecule has 7 nitrogen and oxygen atoms in total. The first-order valence-electron chi connectivity index (χ1n) is 8.35. The van der Waals surface area contributed by atoms with Crippen molar-refractivity contribution in [1.82, 2.24) is 0 Å². The van der Waals surface area contributed by atoms with Gasteiger partial charge in [0.05, 0.1) is 17.8 Å². The number of aliphatic carboxylic acids is 1. The van der Waals surface area contributed by atoms with Crippen molar-refractivity contribution in [3.63, 3.8) is 0 Å². The molecule has 0 unspecified atom stereocenters. The highest BCUT2D eigenvalue weighted by Crippen LogP contribution is 2.23. The Morgan fingerprint density at radius 3 is 2.00 bits per heavy atom. The monoisotopic (exact) mass is 370 g/mol. The van der Waals surface area contributed by atoms with E-state index in [-0.39, 0.29) is 12.3 Å². The molecule has 142 valence electrons. The van der Waals surface area contributed by atoms with E-state index in [1.165, 1.54) is 0 Å². The average Bonchev–Trinajstić information content (AvgIpc) is 2.55. The number of rotatable bonds is 5. The van der Waals surface area contributed by atoms with Crippen molar-refractivity contribution in [2.24, 2.45) is 0 Å². The number of carboxylic acids is 1. The van der Waals surface area contributed by atoms with E-state index in [0.717, 1.165) is 0 Å². The van der Waals surface area contributed by atoms with Crippen LogP contribution in [0, 0.1) is 0 Å². The van der Waals surface area contributed by atoms with Crippen LogP contribution in [0.3, 0.4) is 0 Å². The Hall–Kier alpha value is -3.35. The van der Waals surface area contributed by atoms with E-state index in [4.69, 9.17) is 9.84 Å². The highest BCUT2D eigenvalue weighted by Gasteiger charge is 2.17. The van der Waals surface area contributed by atoms with E-state index in [1.54, 1.807) is 69.3 Å². The molecular formula is C20H22N2O5. The normalized spacial score (nSPS) is 10.8. The van der Waals surface area contributed by atoms with Crippen LogP contribution >= 0.6 is 0 Å². The summed E-state index contributed by atoms with van der Waals surface area (Å²) in [4.78, 5) is 35.1. The van der Waals surface area contributed by atoms with Gasteiger partial charge in [-0.1, -0.05) is 24.3 Å². The van der Waals surface area contributed by atoms with Gasteiger partial charge in [0.1, 0.15) is 5.60 Å². The number of carbonyl (C=O) groups is 3. The minimum absolute atomic E-state index is 0.107. The van der Waals surface area contributed by atoms with Crippen LogP contribution in [0.5, 0.6) is 0 Å². The molecule has 27 heavy (non-hydrogen) atoms. The van der Waals surface area contributed by atoms with Crippen molar-refractivity contribution in [1.29, 1.82) is 0 Å². The molecule has 0 aliphatic heterocycles. The van der Waals surface area contributed by atoms with Gasteiger partial charge in [-0.05, 0) is 50.6 Å². The van der Waals surface area contributed by atoms with Gasteiger partial charge < -0.3 is 15.2 Å². The van der Waals surface area contributed by atoms with Crippen LogP contribution in [0.2, 0.25) is 0 Å². The number of para-hydroxylation sites is 2. The van der Waals surface area contributed by atoms with Crippen molar-refractivity contribution < 1.29 is 24.2 Å². The van der Waals surface area contributed by atoms with Gasteiger partial charge in [0, 0.05) is 5.56 Å². The van der Waals surface area contributed by atoms with Crippen LogP contribution in [0.1, 0.15) is 36.7 Å². The second-order valence-corrected chi connectivity index (χ2v) is 6.89. The molecule has 0 saturated heterocycles. The summed E-state index contributed by atoms with van der Waals surface area (Å²) in [7, 11) is 0. The maximum atomic E-state index is 12.4. The SMILES string of the molecule is CC(C)(C)OC(=O)Nc1ccccc1NC(=O)c1ccc(CC(=O)O)cc1. The summed E-state index contributed by atoms with van der Waals surface area (Å²) >= 11 is 0. The van der Waals surface area contributed by atoms with Crippen LogP contribution < -0.4 is 10.6 Å². The van der Waals surface area contributed by atoms with Crippen LogP contribution in [0.15, 0.2) is 48.5 Å². The predicted molar refractivity (Wildman–Crippen MR) is 102 cm³/mol. The summed E-state index contributed by atoms with van der Waals surface area (Å²) in [5.41, 5.74) is 1.16. The van der Waals surface area contributed by atoms with Crippen molar-refractivity contribution >= 4 is 29.3 Å². The summed E-state index contributed by atoms with van der Waals surface area (Å²) in [5, 5.41) is 14.1. The van der Waals surface area contributed by atoms with Crippen LogP contribution in [-0.4, -0.2) is 28.7 Å². The molecule has 0 fully saturated rings. The van der Waals surface area contributed by atoms with Crippen molar-refractivity contribution in [2.45, 2.75) is 32.8 Å². The molecule has 0 aromatic heterocycles. The van der Waals surface area contributed by atoms with Crippen LogP contribution in [0.4, 0.5) is 16.2 Å². The molecule has 0 atom stereocenters. The van der Waals surface area contributed by atoms with Crippen molar-refractivity contribution in [2.75, 3.05) is 10.6 Å². The number of anilines is 2. The van der Waals surface area contributed by atoms with Gasteiger partial charge in [-0.25, -0.2) is 4.79 Å². The van der Waals surface area contributed by atoms with Gasteiger partial charge >= 0.3 is 12.1 Å². The maximum Gasteiger partial charge on any atom is 0.412 e. The predicted octanol–water partition coefficient (Wildman–Crippen LogP) is 3.91. The van der Waals surface area contributed by atoms with Gasteiger partial charge in [-0.15, -0.1) is 0 Å². The zero-order valence-electron chi connectivity index (χ0n) is 15.4. The lowest BCUT2D eigenvalue weighted by molar-refractivity contribution is -0.136. The standard InChI is InChI=1S/C20H22N2O5/c1-20(2,3)27-19(26)22-16-7-5-4-6-15(16)21-18(25)14-10-8-13(9-11-14)12-17(23)24/h4-11H,12H2,1-3H3,(H,21,25)(H,22,26)(H,23,24). The lowest BCUT2D eigenvalue weighted by Crippen LogP contribution is -2.27. The molecule has 0 bridgehead atoms. The van der Waals surface area contributed by atoms with Crippen molar-refractivity contribution in [3.8, 4) is 0 Å². The number of carbonyl (C=O) groups excluding carboxylic acids is 2. The maximum absolute atomic E-state index is 12.4. The number of nitrogens with one attached hydrogen (secondary N) is 2. The summed E-state index contributed by atoms with van der Waals surface area (Å²) in [6.45, 7) is 5.27. The van der Waals surface area contributed by atoms with Gasteiger partial charge in [-0.2, -0.15) is 0 Å². The fraction of sp³-hybridized carbons (Fsp3) is 0.250. The number of ether oxygens (including phenoxy) is 1. The molecule has 2 rings (SSSR count). The molecule has 0 heterocycles. The fourth-order valence-electron chi connectivity index (χ4n) is 2.26. The molecule has 7 heteroatoms. The van der Waals surface area contributed by atoms with Gasteiger partial charge in [-0.3, -0.25) is 14.9 Å². The van der Waals surface area contributed by atoms with Gasteiger partial charge in [0.15, 0.2) is 0 Å². The first-order valence-corrected chi connectivity index (χ1v) is 8.35. The Kier molecular flexibility index (Phi) is 6.18. The summed E-state index contributed by atoms with van der Waals surface area (Å²) in [6.07, 6.45) is -0.730. The van der Waals surface area contributed by atoms with Gasteiger partial charge in [0.2, 0.25) is 0 Å². The molecule has 3 N–H and O–H groups in total. The Bertz CT molecular complexity index is 838. The number of benzene rings is 2. The highest BCUT2D eigenvalue weighted by molar-refractivity contribution is 6.06. The van der Waals surface area contributed by atoms with E-state index in [2.05, 4.69) is 10.6 Å². The number of amides is 2. The topological polar surface area (TPSA) is 105 Å². The van der Waals surface area contributed by atoms with Crippen molar-refractivity contribution in [3.05, 3.63) is 59.7 Å². The largest absolute Gasteiger partial charge is 0.481 e. The van der Waals surface area contributed by atoms with E-state index >= 15 is 0 Å². The smallest absolute Gasteiger partial charge is 0.412 e. The minimum Gasteiger partial charge on any atom is -0.481 e. The van der Waals surface area contributed by atoms with Crippen LogP contribution in [0.25, 0.3) is 0 Å². The minimum atomic E-state index is -0.936. The lowest BCUT2D eigenvalue weighted by atomic mass is 10.1. The van der Waals surface area contributed by atoms with E-state index < -0.39 is 17.7 Å². The second-order valence-electron chi connectivity index (χ2n) is 6.89.